The van der Waals surface area contributed by atoms with E-state index < -0.39 is 0 Å². The van der Waals surface area contributed by atoms with Gasteiger partial charge in [-0.15, -0.1) is 0 Å². The minimum absolute atomic E-state index is 0.120. The van der Waals surface area contributed by atoms with Gasteiger partial charge in [-0.25, -0.2) is 0 Å². The van der Waals surface area contributed by atoms with Gasteiger partial charge in [-0.3, -0.25) is 4.79 Å². The van der Waals surface area contributed by atoms with Gasteiger partial charge in [0.05, 0.1) is 6.10 Å². The zero-order valence-electron chi connectivity index (χ0n) is 13.0. The Kier molecular flexibility index (Phi) is 5.36. The molecule has 20 heavy (non-hydrogen) atoms. The number of benzene rings is 1. The average molecular weight is 274 g/mol. The molecular weight excluding hydrogens is 248 g/mol. The summed E-state index contributed by atoms with van der Waals surface area (Å²) in [6.07, 6.45) is 7.60. The minimum Gasteiger partial charge on any atom is -0.370 e. The number of rotatable bonds is 4. The Bertz CT molecular complexity index is 469. The largest absolute Gasteiger partial charge is 0.370 e. The van der Waals surface area contributed by atoms with Gasteiger partial charge < -0.3 is 4.74 Å². The van der Waals surface area contributed by atoms with Crippen molar-refractivity contribution in [2.45, 2.75) is 65.4 Å². The monoisotopic (exact) mass is 274 g/mol. The van der Waals surface area contributed by atoms with Crippen molar-refractivity contribution in [2.75, 3.05) is 6.61 Å². The predicted molar refractivity (Wildman–Crippen MR) is 82.4 cm³/mol. The lowest BCUT2D eigenvalue weighted by atomic mass is 9.98. The third-order valence-corrected chi connectivity index (χ3v) is 4.39. The van der Waals surface area contributed by atoms with Crippen molar-refractivity contribution < 1.29 is 9.53 Å². The molecule has 2 rings (SSSR count). The molecule has 0 N–H and O–H groups in total. The van der Waals surface area contributed by atoms with Gasteiger partial charge in [0.1, 0.15) is 6.61 Å². The number of carbonyl (C=O) groups is 1. The van der Waals surface area contributed by atoms with Crippen LogP contribution in [0, 0.1) is 20.8 Å². The molecule has 0 aliphatic heterocycles. The van der Waals surface area contributed by atoms with Crippen LogP contribution in [0.25, 0.3) is 0 Å². The second-order valence-electron chi connectivity index (χ2n) is 6.10. The molecule has 0 heterocycles. The van der Waals surface area contributed by atoms with Gasteiger partial charge in [0, 0.05) is 5.56 Å². The molecule has 0 bridgehead atoms. The molecule has 0 radical (unpaired) electrons. The molecule has 1 fully saturated rings. The van der Waals surface area contributed by atoms with Gasteiger partial charge >= 0.3 is 0 Å². The fraction of sp³-hybridized carbons (Fsp3) is 0.611. The van der Waals surface area contributed by atoms with Crippen LogP contribution in [0.2, 0.25) is 0 Å². The Labute approximate surface area is 122 Å². The Morgan fingerprint density at radius 2 is 1.60 bits per heavy atom. The molecule has 0 saturated heterocycles. The van der Waals surface area contributed by atoms with E-state index in [1.165, 1.54) is 36.8 Å². The first-order valence-electron chi connectivity index (χ1n) is 7.80. The van der Waals surface area contributed by atoms with Crippen molar-refractivity contribution in [3.05, 3.63) is 34.4 Å². The Morgan fingerprint density at radius 1 is 1.00 bits per heavy atom. The van der Waals surface area contributed by atoms with E-state index in [4.69, 9.17) is 4.74 Å². The van der Waals surface area contributed by atoms with E-state index in [-0.39, 0.29) is 18.5 Å². The van der Waals surface area contributed by atoms with Crippen LogP contribution >= 0.6 is 0 Å². The van der Waals surface area contributed by atoms with Crippen molar-refractivity contribution >= 4 is 5.78 Å². The highest BCUT2D eigenvalue weighted by molar-refractivity contribution is 5.98. The molecular formula is C18H26O2. The topological polar surface area (TPSA) is 26.3 Å². The third kappa shape index (κ3) is 3.92. The van der Waals surface area contributed by atoms with Crippen LogP contribution in [0.15, 0.2) is 12.1 Å². The highest BCUT2D eigenvalue weighted by Gasteiger charge is 2.16. The standard InChI is InChI=1S/C18H26O2/c1-13-10-15(3)17(11-14(13)2)18(19)12-20-16-8-6-4-5-7-9-16/h10-11,16H,4-9,12H2,1-3H3. The number of ether oxygens (including phenoxy) is 1. The molecule has 1 aliphatic carbocycles. The molecule has 0 atom stereocenters. The molecule has 1 aromatic carbocycles. The van der Waals surface area contributed by atoms with Gasteiger partial charge in [-0.05, 0) is 56.4 Å². The molecule has 2 nitrogen and oxygen atoms in total. The SMILES string of the molecule is Cc1cc(C)c(C(=O)COC2CCCCCC2)cc1C. The lowest BCUT2D eigenvalue weighted by Crippen LogP contribution is -2.18. The van der Waals surface area contributed by atoms with Crippen LogP contribution in [0.5, 0.6) is 0 Å². The molecule has 110 valence electrons. The van der Waals surface area contributed by atoms with Crippen molar-refractivity contribution in [3.63, 3.8) is 0 Å². The first-order valence-corrected chi connectivity index (χ1v) is 7.80. The van der Waals surface area contributed by atoms with E-state index in [9.17, 15) is 4.79 Å². The van der Waals surface area contributed by atoms with Crippen LogP contribution in [0.4, 0.5) is 0 Å². The molecule has 2 heteroatoms. The first-order chi connectivity index (χ1) is 9.58. The normalized spacial score (nSPS) is 16.9. The van der Waals surface area contributed by atoms with Gasteiger partial charge in [-0.1, -0.05) is 31.7 Å². The summed E-state index contributed by atoms with van der Waals surface area (Å²) in [5.74, 6) is 0.120. The Hall–Kier alpha value is -1.15. The van der Waals surface area contributed by atoms with Crippen LogP contribution < -0.4 is 0 Å². The maximum absolute atomic E-state index is 12.3. The van der Waals surface area contributed by atoms with Gasteiger partial charge in [0.15, 0.2) is 5.78 Å². The Balaban J connectivity index is 1.96. The van der Waals surface area contributed by atoms with E-state index in [0.29, 0.717) is 0 Å². The predicted octanol–water partition coefficient (Wildman–Crippen LogP) is 4.53. The van der Waals surface area contributed by atoms with Crippen LogP contribution in [-0.4, -0.2) is 18.5 Å². The third-order valence-electron chi connectivity index (χ3n) is 4.39. The maximum atomic E-state index is 12.3. The van der Waals surface area contributed by atoms with E-state index in [2.05, 4.69) is 19.9 Å². The van der Waals surface area contributed by atoms with E-state index in [1.54, 1.807) is 0 Å². The summed E-state index contributed by atoms with van der Waals surface area (Å²) in [6, 6.07) is 4.09. The summed E-state index contributed by atoms with van der Waals surface area (Å²) in [5.41, 5.74) is 4.29. The van der Waals surface area contributed by atoms with Gasteiger partial charge in [0.25, 0.3) is 0 Å². The van der Waals surface area contributed by atoms with Gasteiger partial charge in [-0.2, -0.15) is 0 Å². The molecule has 0 amide bonds. The minimum atomic E-state index is 0.120. The molecule has 1 saturated carbocycles. The highest BCUT2D eigenvalue weighted by Crippen LogP contribution is 2.21. The quantitative estimate of drug-likeness (QED) is 0.595. The molecule has 1 aromatic rings. The van der Waals surface area contributed by atoms with Crippen molar-refractivity contribution in [1.82, 2.24) is 0 Å². The summed E-state index contributed by atoms with van der Waals surface area (Å²) in [5, 5.41) is 0. The second kappa shape index (κ2) is 7.03. The lowest BCUT2D eigenvalue weighted by molar-refractivity contribution is 0.0388. The summed E-state index contributed by atoms with van der Waals surface area (Å²) >= 11 is 0. The molecule has 1 aliphatic rings. The number of hydrogen-bond acceptors (Lipinski definition) is 2. The smallest absolute Gasteiger partial charge is 0.188 e. The Morgan fingerprint density at radius 3 is 2.25 bits per heavy atom. The zero-order valence-corrected chi connectivity index (χ0v) is 13.0. The first kappa shape index (κ1) is 15.2. The van der Waals surface area contributed by atoms with E-state index in [0.717, 1.165) is 24.0 Å². The lowest BCUT2D eigenvalue weighted by Gasteiger charge is -2.15. The van der Waals surface area contributed by atoms with Crippen LogP contribution in [-0.2, 0) is 4.74 Å². The van der Waals surface area contributed by atoms with Crippen molar-refractivity contribution in [1.29, 1.82) is 0 Å². The summed E-state index contributed by atoms with van der Waals surface area (Å²) in [7, 11) is 0. The van der Waals surface area contributed by atoms with Crippen LogP contribution in [0.1, 0.15) is 65.6 Å². The fourth-order valence-electron chi connectivity index (χ4n) is 2.94. The number of aryl methyl sites for hydroxylation is 3. The second-order valence-corrected chi connectivity index (χ2v) is 6.10. The summed E-state index contributed by atoms with van der Waals surface area (Å²) in [4.78, 5) is 12.3. The maximum Gasteiger partial charge on any atom is 0.188 e. The number of hydrogen-bond donors (Lipinski definition) is 0. The average Bonchev–Trinajstić information content (AvgIpc) is 2.69. The zero-order chi connectivity index (χ0) is 14.5. The molecule has 0 spiro atoms. The van der Waals surface area contributed by atoms with Crippen molar-refractivity contribution in [3.8, 4) is 0 Å². The number of Topliss-reactive ketones (excluding diaryl/α,β-unsaturated/α-hetero) is 1. The van der Waals surface area contributed by atoms with E-state index in [1.807, 2.05) is 13.0 Å². The summed E-state index contributed by atoms with van der Waals surface area (Å²) < 4.78 is 5.85. The van der Waals surface area contributed by atoms with Crippen molar-refractivity contribution in [2.24, 2.45) is 0 Å². The number of ketones is 1. The van der Waals surface area contributed by atoms with Gasteiger partial charge in [0.2, 0.25) is 0 Å². The van der Waals surface area contributed by atoms with E-state index >= 15 is 0 Å². The number of carbonyl (C=O) groups excluding carboxylic acids is 1. The molecule has 0 unspecified atom stereocenters. The van der Waals surface area contributed by atoms with Crippen LogP contribution in [0.3, 0.4) is 0 Å². The summed E-state index contributed by atoms with van der Waals surface area (Å²) in [6.45, 7) is 6.37. The molecule has 0 aromatic heterocycles. The fourth-order valence-corrected chi connectivity index (χ4v) is 2.94. The highest BCUT2D eigenvalue weighted by atomic mass is 16.5.